The topological polar surface area (TPSA) is 62.7 Å². The first-order valence-corrected chi connectivity index (χ1v) is 5.39. The second kappa shape index (κ2) is 5.70. The normalized spacial score (nSPS) is 10.5. The van der Waals surface area contributed by atoms with Crippen LogP contribution in [-0.2, 0) is 0 Å². The van der Waals surface area contributed by atoms with Gasteiger partial charge in [-0.15, -0.1) is 0 Å². The fourth-order valence-corrected chi connectivity index (χ4v) is 1.12. The minimum absolute atomic E-state index is 0.201. The molecule has 0 aliphatic heterocycles. The van der Waals surface area contributed by atoms with Crippen LogP contribution in [-0.4, -0.2) is 28.0 Å². The lowest BCUT2D eigenvalue weighted by Gasteiger charge is -2.08. The van der Waals surface area contributed by atoms with E-state index in [0.29, 0.717) is 17.8 Å². The number of nitrogens with one attached hydrogen (secondary N) is 2. The van der Waals surface area contributed by atoms with E-state index in [1.54, 1.807) is 0 Å². The van der Waals surface area contributed by atoms with Crippen molar-refractivity contribution in [2.24, 2.45) is 5.92 Å². The molecule has 6 heteroatoms. The molecule has 0 bridgehead atoms. The summed E-state index contributed by atoms with van der Waals surface area (Å²) in [5, 5.41) is 6.29. The monoisotopic (exact) mass is 229 g/mol. The molecule has 84 valence electrons. The minimum Gasteiger partial charge on any atom is -0.354 e. The van der Waals surface area contributed by atoms with E-state index in [1.165, 1.54) is 0 Å². The first-order valence-electron chi connectivity index (χ1n) is 5.01. The molecule has 0 fully saturated rings. The number of anilines is 2. The van der Waals surface area contributed by atoms with Crippen LogP contribution in [0.3, 0.4) is 0 Å². The van der Waals surface area contributed by atoms with E-state index in [0.717, 1.165) is 13.1 Å². The van der Waals surface area contributed by atoms with E-state index in [2.05, 4.69) is 39.4 Å². The molecule has 5 nitrogen and oxygen atoms in total. The van der Waals surface area contributed by atoms with Crippen molar-refractivity contribution in [3.63, 3.8) is 0 Å². The van der Waals surface area contributed by atoms with Crippen molar-refractivity contribution in [2.45, 2.75) is 20.8 Å². The summed E-state index contributed by atoms with van der Waals surface area (Å²) in [5.41, 5.74) is 0. The predicted molar refractivity (Wildman–Crippen MR) is 62.3 cm³/mol. The number of halogens is 1. The van der Waals surface area contributed by atoms with Crippen LogP contribution < -0.4 is 10.6 Å². The summed E-state index contributed by atoms with van der Waals surface area (Å²) in [6, 6.07) is 0. The Hall–Kier alpha value is -1.10. The van der Waals surface area contributed by atoms with Crippen molar-refractivity contribution >= 4 is 23.5 Å². The summed E-state index contributed by atoms with van der Waals surface area (Å²) in [4.78, 5) is 12.1. The van der Waals surface area contributed by atoms with Crippen molar-refractivity contribution in [3.05, 3.63) is 5.28 Å². The average molecular weight is 230 g/mol. The number of hydrogen-bond donors (Lipinski definition) is 2. The molecule has 0 amide bonds. The van der Waals surface area contributed by atoms with Crippen molar-refractivity contribution in [3.8, 4) is 0 Å². The van der Waals surface area contributed by atoms with Gasteiger partial charge >= 0.3 is 0 Å². The van der Waals surface area contributed by atoms with Gasteiger partial charge in [-0.2, -0.15) is 15.0 Å². The molecule has 2 N–H and O–H groups in total. The molecule has 1 aromatic heterocycles. The highest BCUT2D eigenvalue weighted by atomic mass is 35.5. The smallest absolute Gasteiger partial charge is 0.228 e. The molecular formula is C9H16ClN5. The van der Waals surface area contributed by atoms with Crippen LogP contribution in [0.4, 0.5) is 11.9 Å². The number of nitrogens with zero attached hydrogens (tertiary/aromatic N) is 3. The lowest BCUT2D eigenvalue weighted by Crippen LogP contribution is -2.12. The molecule has 0 unspecified atom stereocenters. The van der Waals surface area contributed by atoms with Crippen molar-refractivity contribution in [1.82, 2.24) is 15.0 Å². The Morgan fingerprint density at radius 3 is 2.27 bits per heavy atom. The summed E-state index contributed by atoms with van der Waals surface area (Å²) in [5.74, 6) is 1.55. The van der Waals surface area contributed by atoms with Crippen LogP contribution in [0, 0.1) is 5.92 Å². The number of rotatable bonds is 5. The molecule has 1 rings (SSSR count). The summed E-state index contributed by atoms with van der Waals surface area (Å²) in [7, 11) is 0. The molecule has 15 heavy (non-hydrogen) atoms. The molecule has 0 aliphatic carbocycles. The molecule has 0 aromatic carbocycles. The Balaban J connectivity index is 2.70. The minimum atomic E-state index is 0.201. The fraction of sp³-hybridized carbons (Fsp3) is 0.667. The van der Waals surface area contributed by atoms with Crippen molar-refractivity contribution < 1.29 is 0 Å². The van der Waals surface area contributed by atoms with Gasteiger partial charge in [-0.05, 0) is 24.4 Å². The summed E-state index contributed by atoms with van der Waals surface area (Å²) < 4.78 is 0. The zero-order chi connectivity index (χ0) is 11.3. The SMILES string of the molecule is CCNc1nc(Cl)nc(NCC(C)C)n1. The average Bonchev–Trinajstić information content (AvgIpc) is 2.14. The van der Waals surface area contributed by atoms with E-state index >= 15 is 0 Å². The van der Waals surface area contributed by atoms with Crippen LogP contribution in [0.5, 0.6) is 0 Å². The van der Waals surface area contributed by atoms with E-state index in [1.807, 2.05) is 6.92 Å². The molecule has 1 aromatic rings. The standard InChI is InChI=1S/C9H16ClN5/c1-4-11-8-13-7(10)14-9(15-8)12-5-6(2)3/h6H,4-5H2,1-3H3,(H2,11,12,13,14,15). The largest absolute Gasteiger partial charge is 0.354 e. The predicted octanol–water partition coefficient (Wildman–Crippen LogP) is 2.02. The lowest BCUT2D eigenvalue weighted by atomic mass is 10.2. The van der Waals surface area contributed by atoms with Gasteiger partial charge in [0.1, 0.15) is 0 Å². The first-order chi connectivity index (χ1) is 7.11. The quantitative estimate of drug-likeness (QED) is 0.809. The molecule has 0 spiro atoms. The summed E-state index contributed by atoms with van der Waals surface area (Å²) >= 11 is 5.76. The molecule has 0 saturated carbocycles. The summed E-state index contributed by atoms with van der Waals surface area (Å²) in [6.45, 7) is 7.76. The number of aromatic nitrogens is 3. The van der Waals surface area contributed by atoms with Gasteiger partial charge in [0.05, 0.1) is 0 Å². The van der Waals surface area contributed by atoms with Gasteiger partial charge in [0.25, 0.3) is 0 Å². The highest BCUT2D eigenvalue weighted by Crippen LogP contribution is 2.09. The zero-order valence-corrected chi connectivity index (χ0v) is 9.97. The van der Waals surface area contributed by atoms with Crippen molar-refractivity contribution in [1.29, 1.82) is 0 Å². The Kier molecular flexibility index (Phi) is 4.55. The second-order valence-electron chi connectivity index (χ2n) is 3.56. The van der Waals surface area contributed by atoms with Gasteiger partial charge in [0.2, 0.25) is 17.2 Å². The van der Waals surface area contributed by atoms with Gasteiger partial charge < -0.3 is 10.6 Å². The Bertz CT molecular complexity index is 315. The third-order valence-electron chi connectivity index (χ3n) is 1.61. The second-order valence-corrected chi connectivity index (χ2v) is 3.89. The molecular weight excluding hydrogens is 214 g/mol. The van der Waals surface area contributed by atoms with E-state index in [4.69, 9.17) is 11.6 Å². The van der Waals surface area contributed by atoms with Gasteiger partial charge in [-0.3, -0.25) is 0 Å². The third-order valence-corrected chi connectivity index (χ3v) is 1.78. The lowest BCUT2D eigenvalue weighted by molar-refractivity contribution is 0.684. The van der Waals surface area contributed by atoms with Crippen LogP contribution in [0.15, 0.2) is 0 Å². The van der Waals surface area contributed by atoms with Gasteiger partial charge in [-0.1, -0.05) is 13.8 Å². The molecule has 0 saturated heterocycles. The summed E-state index contributed by atoms with van der Waals surface area (Å²) in [6.07, 6.45) is 0. The molecule has 1 heterocycles. The van der Waals surface area contributed by atoms with E-state index in [9.17, 15) is 0 Å². The van der Waals surface area contributed by atoms with Crippen LogP contribution in [0.1, 0.15) is 20.8 Å². The van der Waals surface area contributed by atoms with Crippen LogP contribution in [0.2, 0.25) is 5.28 Å². The Labute approximate surface area is 94.7 Å². The first kappa shape index (κ1) is 12.0. The fourth-order valence-electron chi connectivity index (χ4n) is 0.962. The maximum Gasteiger partial charge on any atom is 0.228 e. The molecule has 0 aliphatic rings. The highest BCUT2D eigenvalue weighted by molar-refractivity contribution is 6.28. The number of hydrogen-bond acceptors (Lipinski definition) is 5. The highest BCUT2D eigenvalue weighted by Gasteiger charge is 2.04. The van der Waals surface area contributed by atoms with E-state index in [-0.39, 0.29) is 5.28 Å². The maximum atomic E-state index is 5.76. The zero-order valence-electron chi connectivity index (χ0n) is 9.21. The van der Waals surface area contributed by atoms with Gasteiger partial charge in [-0.25, -0.2) is 0 Å². The van der Waals surface area contributed by atoms with Crippen LogP contribution >= 0.6 is 11.6 Å². The van der Waals surface area contributed by atoms with Gasteiger partial charge in [0, 0.05) is 13.1 Å². The van der Waals surface area contributed by atoms with Gasteiger partial charge in [0.15, 0.2) is 0 Å². The Morgan fingerprint density at radius 1 is 1.13 bits per heavy atom. The molecule has 0 atom stereocenters. The maximum absolute atomic E-state index is 5.76. The van der Waals surface area contributed by atoms with Crippen LogP contribution in [0.25, 0.3) is 0 Å². The third kappa shape index (κ3) is 4.29. The Morgan fingerprint density at radius 2 is 1.73 bits per heavy atom. The molecule has 0 radical (unpaired) electrons. The van der Waals surface area contributed by atoms with E-state index < -0.39 is 0 Å². The van der Waals surface area contributed by atoms with Crippen molar-refractivity contribution in [2.75, 3.05) is 23.7 Å².